The Labute approximate surface area is 104 Å². The number of ether oxygens (including phenoxy) is 3. The predicted octanol–water partition coefficient (Wildman–Crippen LogP) is 1.29. The molecule has 18 heavy (non-hydrogen) atoms. The molecule has 0 aromatic rings. The molecule has 0 aromatic heterocycles. The Hall–Kier alpha value is -1.79. The fraction of sp³-hybridized carbons (Fsp3) is 0.800. The van der Waals surface area contributed by atoms with E-state index in [1.54, 1.807) is 0 Å². The van der Waals surface area contributed by atoms with Crippen molar-refractivity contribution in [3.63, 3.8) is 0 Å². The fourth-order valence-electron chi connectivity index (χ4n) is 1.82. The van der Waals surface area contributed by atoms with Crippen LogP contribution in [0.1, 0.15) is 27.2 Å². The monoisotopic (exact) mass is 257 g/mol. The van der Waals surface area contributed by atoms with Crippen LogP contribution in [0.15, 0.2) is 5.11 Å². The summed E-state index contributed by atoms with van der Waals surface area (Å²) in [5.74, 6) is -1.12. The van der Waals surface area contributed by atoms with E-state index in [0.29, 0.717) is 6.42 Å². The average molecular weight is 257 g/mol. The van der Waals surface area contributed by atoms with Gasteiger partial charge in [0.25, 0.3) is 0 Å². The van der Waals surface area contributed by atoms with Crippen LogP contribution >= 0.6 is 0 Å². The van der Waals surface area contributed by atoms with Gasteiger partial charge in [0.2, 0.25) is 6.29 Å². The topological polar surface area (TPSA) is 111 Å². The molecule has 1 rings (SSSR count). The van der Waals surface area contributed by atoms with Gasteiger partial charge in [-0.25, -0.2) is 0 Å². The molecule has 1 fully saturated rings. The summed E-state index contributed by atoms with van der Waals surface area (Å²) >= 11 is 0. The van der Waals surface area contributed by atoms with Gasteiger partial charge in [-0.2, -0.15) is 0 Å². The Bertz CT molecular complexity index is 380. The van der Waals surface area contributed by atoms with Crippen LogP contribution in [0.3, 0.4) is 0 Å². The summed E-state index contributed by atoms with van der Waals surface area (Å²) in [7, 11) is 0. The zero-order chi connectivity index (χ0) is 13.7. The second kappa shape index (κ2) is 6.23. The van der Waals surface area contributed by atoms with Gasteiger partial charge in [0.1, 0.15) is 6.04 Å². The zero-order valence-corrected chi connectivity index (χ0v) is 10.4. The first-order valence-corrected chi connectivity index (χ1v) is 5.53. The van der Waals surface area contributed by atoms with E-state index in [-0.39, 0.29) is 0 Å². The molecule has 0 aromatic carbocycles. The number of esters is 2. The highest BCUT2D eigenvalue weighted by Gasteiger charge is 2.47. The fourth-order valence-corrected chi connectivity index (χ4v) is 1.82. The van der Waals surface area contributed by atoms with Gasteiger partial charge in [0.05, 0.1) is 6.10 Å². The normalized spacial score (nSPS) is 30.4. The molecule has 1 heterocycles. The molecule has 0 saturated carbocycles. The van der Waals surface area contributed by atoms with E-state index in [1.807, 2.05) is 6.92 Å². The number of nitrogens with zero attached hydrogens (tertiary/aromatic N) is 3. The minimum Gasteiger partial charge on any atom is -0.455 e. The minimum absolute atomic E-state index is 0.449. The lowest BCUT2D eigenvalue weighted by atomic mass is 10.1. The molecule has 0 aliphatic carbocycles. The van der Waals surface area contributed by atoms with Gasteiger partial charge in [-0.3, -0.25) is 9.59 Å². The molecule has 1 aliphatic rings. The third kappa shape index (κ3) is 3.35. The molecule has 1 unspecified atom stereocenters. The van der Waals surface area contributed by atoms with Crippen molar-refractivity contribution in [2.24, 2.45) is 5.11 Å². The van der Waals surface area contributed by atoms with Crippen molar-refractivity contribution in [1.82, 2.24) is 0 Å². The van der Waals surface area contributed by atoms with E-state index in [1.165, 1.54) is 13.8 Å². The van der Waals surface area contributed by atoms with Crippen molar-refractivity contribution >= 4 is 11.9 Å². The van der Waals surface area contributed by atoms with Crippen molar-refractivity contribution < 1.29 is 23.8 Å². The standard InChI is InChI=1S/C10H15N3O5/c1-4-7-8(12-13-11)9(16-5(2)14)10(18-7)17-6(3)15/h7-10H,4H2,1-3H3/t7-,8+,9?,10-/m1/s1. The van der Waals surface area contributed by atoms with Crippen molar-refractivity contribution in [1.29, 1.82) is 0 Å². The Kier molecular flexibility index (Phi) is 4.94. The molecular formula is C10H15N3O5. The van der Waals surface area contributed by atoms with E-state index in [4.69, 9.17) is 19.7 Å². The van der Waals surface area contributed by atoms with Gasteiger partial charge in [-0.05, 0) is 12.0 Å². The van der Waals surface area contributed by atoms with Crippen LogP contribution in [-0.4, -0.2) is 36.5 Å². The number of azide groups is 1. The van der Waals surface area contributed by atoms with Gasteiger partial charge in [0, 0.05) is 18.8 Å². The molecule has 0 bridgehead atoms. The average Bonchev–Trinajstić information content (AvgIpc) is 2.57. The van der Waals surface area contributed by atoms with Crippen LogP contribution < -0.4 is 0 Å². The maximum atomic E-state index is 11.0. The number of rotatable bonds is 4. The van der Waals surface area contributed by atoms with Gasteiger partial charge in [-0.15, -0.1) is 0 Å². The maximum absolute atomic E-state index is 11.0. The lowest BCUT2D eigenvalue weighted by molar-refractivity contribution is -0.194. The SMILES string of the molecule is CC[C@H]1O[C@@H](OC(C)=O)C(OC(C)=O)[C@H]1N=[N+]=[N-]. The van der Waals surface area contributed by atoms with Crippen LogP contribution in [0, 0.1) is 0 Å². The summed E-state index contributed by atoms with van der Waals surface area (Å²) in [5, 5.41) is 3.55. The van der Waals surface area contributed by atoms with Crippen molar-refractivity contribution in [3.05, 3.63) is 10.4 Å². The highest BCUT2D eigenvalue weighted by atomic mass is 16.7. The highest BCUT2D eigenvalue weighted by Crippen LogP contribution is 2.29. The summed E-state index contributed by atoms with van der Waals surface area (Å²) < 4.78 is 15.3. The number of carbonyl (C=O) groups excluding carboxylic acids is 2. The molecule has 0 N–H and O–H groups in total. The second-order valence-electron chi connectivity index (χ2n) is 3.83. The minimum atomic E-state index is -1.04. The summed E-state index contributed by atoms with van der Waals surface area (Å²) in [5.41, 5.74) is 8.51. The molecule has 100 valence electrons. The molecule has 4 atom stereocenters. The van der Waals surface area contributed by atoms with Crippen molar-refractivity contribution in [2.75, 3.05) is 0 Å². The first-order valence-electron chi connectivity index (χ1n) is 5.53. The smallest absolute Gasteiger partial charge is 0.305 e. The third-order valence-electron chi connectivity index (χ3n) is 2.47. The van der Waals surface area contributed by atoms with Gasteiger partial charge < -0.3 is 14.2 Å². The first kappa shape index (κ1) is 14.3. The largest absolute Gasteiger partial charge is 0.455 e. The molecule has 1 aliphatic heterocycles. The Balaban J connectivity index is 2.92. The summed E-state index contributed by atoms with van der Waals surface area (Å²) in [4.78, 5) is 24.7. The van der Waals surface area contributed by atoms with Crippen LogP contribution in [0.2, 0.25) is 0 Å². The van der Waals surface area contributed by atoms with Crippen LogP contribution in [0.25, 0.3) is 10.4 Å². The summed E-state index contributed by atoms with van der Waals surface area (Å²) in [6.07, 6.45) is -1.85. The van der Waals surface area contributed by atoms with E-state index in [9.17, 15) is 9.59 Å². The van der Waals surface area contributed by atoms with Gasteiger partial charge in [0.15, 0.2) is 6.10 Å². The third-order valence-corrected chi connectivity index (χ3v) is 2.47. The summed E-state index contributed by atoms with van der Waals surface area (Å²) in [6, 6.07) is -0.701. The molecule has 1 saturated heterocycles. The van der Waals surface area contributed by atoms with Crippen LogP contribution in [0.5, 0.6) is 0 Å². The van der Waals surface area contributed by atoms with Crippen LogP contribution in [0.4, 0.5) is 0 Å². The summed E-state index contributed by atoms with van der Waals surface area (Å²) in [6.45, 7) is 4.26. The van der Waals surface area contributed by atoms with E-state index in [0.717, 1.165) is 0 Å². The number of hydrogen-bond acceptors (Lipinski definition) is 6. The predicted molar refractivity (Wildman–Crippen MR) is 59.2 cm³/mol. The van der Waals surface area contributed by atoms with Crippen LogP contribution in [-0.2, 0) is 23.8 Å². The number of hydrogen-bond donors (Lipinski definition) is 0. The molecular weight excluding hydrogens is 242 g/mol. The number of carbonyl (C=O) groups is 2. The lowest BCUT2D eigenvalue weighted by Crippen LogP contribution is -2.37. The van der Waals surface area contributed by atoms with E-state index in [2.05, 4.69) is 10.0 Å². The Morgan fingerprint density at radius 2 is 1.94 bits per heavy atom. The maximum Gasteiger partial charge on any atom is 0.305 e. The first-order chi connectivity index (χ1) is 8.49. The Morgan fingerprint density at radius 3 is 2.39 bits per heavy atom. The highest BCUT2D eigenvalue weighted by molar-refractivity contribution is 5.67. The molecule has 8 heteroatoms. The van der Waals surface area contributed by atoms with Gasteiger partial charge >= 0.3 is 11.9 Å². The van der Waals surface area contributed by atoms with E-state index >= 15 is 0 Å². The second-order valence-corrected chi connectivity index (χ2v) is 3.83. The van der Waals surface area contributed by atoms with Crippen molar-refractivity contribution in [2.45, 2.75) is 51.7 Å². The lowest BCUT2D eigenvalue weighted by Gasteiger charge is -2.19. The molecule has 0 spiro atoms. The zero-order valence-electron chi connectivity index (χ0n) is 10.4. The van der Waals surface area contributed by atoms with Gasteiger partial charge in [-0.1, -0.05) is 12.0 Å². The Morgan fingerprint density at radius 1 is 1.33 bits per heavy atom. The molecule has 0 amide bonds. The van der Waals surface area contributed by atoms with E-state index < -0.39 is 36.5 Å². The molecule has 0 radical (unpaired) electrons. The van der Waals surface area contributed by atoms with Crippen molar-refractivity contribution in [3.8, 4) is 0 Å². The molecule has 8 nitrogen and oxygen atoms in total. The quantitative estimate of drug-likeness (QED) is 0.326.